The maximum Gasteiger partial charge on any atom is 0.408 e. The van der Waals surface area contributed by atoms with Gasteiger partial charge in [0, 0.05) is 6.42 Å². The van der Waals surface area contributed by atoms with Crippen LogP contribution in [0, 0.1) is 5.92 Å². The SMILES string of the molecule is CC[C@H](C)[C@H](NC(=O)OCc1ccccc1)C(=O)[C@@](N)(Cc1ccccc1)C(=O)C(=O)O. The van der Waals surface area contributed by atoms with Gasteiger partial charge in [0.25, 0.3) is 5.78 Å². The molecule has 0 unspecified atom stereocenters. The number of benzene rings is 2. The molecule has 0 heterocycles. The van der Waals surface area contributed by atoms with Crippen molar-refractivity contribution in [1.29, 1.82) is 0 Å². The van der Waals surface area contributed by atoms with E-state index in [2.05, 4.69) is 5.32 Å². The maximum absolute atomic E-state index is 13.4. The number of rotatable bonds is 11. The highest BCUT2D eigenvalue weighted by molar-refractivity contribution is 6.42. The maximum atomic E-state index is 13.4. The molecule has 2 aromatic rings. The van der Waals surface area contributed by atoms with E-state index in [0.717, 1.165) is 5.56 Å². The van der Waals surface area contributed by atoms with Gasteiger partial charge in [0.2, 0.25) is 0 Å². The fraction of sp³-hybridized carbons (Fsp3) is 0.333. The molecule has 8 heteroatoms. The summed E-state index contributed by atoms with van der Waals surface area (Å²) in [6.45, 7) is 3.49. The summed E-state index contributed by atoms with van der Waals surface area (Å²) in [4.78, 5) is 49.9. The third kappa shape index (κ3) is 6.24. The molecule has 0 spiro atoms. The minimum Gasteiger partial charge on any atom is -0.475 e. The van der Waals surface area contributed by atoms with Crippen LogP contribution in [0.1, 0.15) is 31.4 Å². The molecular weight excluding hydrogens is 412 g/mol. The molecule has 0 aromatic heterocycles. The number of nitrogens with one attached hydrogen (secondary N) is 1. The smallest absolute Gasteiger partial charge is 0.408 e. The van der Waals surface area contributed by atoms with Crippen molar-refractivity contribution in [2.45, 2.75) is 44.9 Å². The second-order valence-electron chi connectivity index (χ2n) is 7.70. The van der Waals surface area contributed by atoms with Crippen LogP contribution in [0.4, 0.5) is 4.79 Å². The molecule has 1 amide bonds. The van der Waals surface area contributed by atoms with E-state index >= 15 is 0 Å². The Morgan fingerprint density at radius 3 is 2.03 bits per heavy atom. The van der Waals surface area contributed by atoms with Crippen LogP contribution in [-0.2, 0) is 32.1 Å². The van der Waals surface area contributed by atoms with Crippen molar-refractivity contribution in [3.63, 3.8) is 0 Å². The molecule has 2 aromatic carbocycles. The number of alkyl carbamates (subject to hydrolysis) is 1. The Morgan fingerprint density at radius 1 is 1.00 bits per heavy atom. The van der Waals surface area contributed by atoms with Gasteiger partial charge in [0.05, 0.1) is 6.04 Å². The van der Waals surface area contributed by atoms with Crippen molar-refractivity contribution >= 4 is 23.6 Å². The van der Waals surface area contributed by atoms with Crippen LogP contribution in [0.3, 0.4) is 0 Å². The summed E-state index contributed by atoms with van der Waals surface area (Å²) in [6, 6.07) is 16.2. The Kier molecular flexibility index (Phi) is 8.66. The standard InChI is InChI=1S/C24H28N2O6/c1-3-16(2)19(26-23(31)32-15-18-12-8-5-9-13-18)20(27)24(25,21(28)22(29)30)14-17-10-6-4-7-11-17/h4-13,16,19H,3,14-15,25H2,1-2H3,(H,26,31)(H,29,30)/t16-,19-,24-/m0/s1. The molecule has 0 aliphatic carbocycles. The first kappa shape index (κ1) is 24.7. The number of carboxylic acid groups (broad SMARTS) is 1. The molecule has 0 saturated heterocycles. The number of Topliss-reactive ketones (excluding diaryl/α,β-unsaturated/α-hetero) is 2. The van der Waals surface area contributed by atoms with Gasteiger partial charge < -0.3 is 20.9 Å². The third-order valence-corrected chi connectivity index (χ3v) is 5.35. The van der Waals surface area contributed by atoms with E-state index in [1.54, 1.807) is 68.4 Å². The van der Waals surface area contributed by atoms with E-state index in [1.165, 1.54) is 0 Å². The second kappa shape index (κ2) is 11.2. The van der Waals surface area contributed by atoms with Crippen molar-refractivity contribution in [1.82, 2.24) is 5.32 Å². The van der Waals surface area contributed by atoms with Gasteiger partial charge in [-0.1, -0.05) is 80.9 Å². The van der Waals surface area contributed by atoms with Crippen molar-refractivity contribution in [3.05, 3.63) is 71.8 Å². The molecule has 32 heavy (non-hydrogen) atoms. The molecular formula is C24H28N2O6. The van der Waals surface area contributed by atoms with Gasteiger partial charge in [-0.3, -0.25) is 9.59 Å². The lowest BCUT2D eigenvalue weighted by atomic mass is 9.77. The normalized spacial score (nSPS) is 14.5. The largest absolute Gasteiger partial charge is 0.475 e. The average molecular weight is 440 g/mol. The molecule has 0 fully saturated rings. The van der Waals surface area contributed by atoms with Crippen LogP contribution < -0.4 is 11.1 Å². The lowest BCUT2D eigenvalue weighted by Crippen LogP contribution is -2.65. The number of hydrogen-bond acceptors (Lipinski definition) is 6. The van der Waals surface area contributed by atoms with Crippen LogP contribution in [0.2, 0.25) is 0 Å². The van der Waals surface area contributed by atoms with Crippen molar-refractivity contribution < 1.29 is 29.0 Å². The van der Waals surface area contributed by atoms with Crippen LogP contribution in [0.5, 0.6) is 0 Å². The zero-order valence-corrected chi connectivity index (χ0v) is 18.1. The molecule has 4 N–H and O–H groups in total. The zero-order chi connectivity index (χ0) is 23.7. The monoisotopic (exact) mass is 440 g/mol. The Balaban J connectivity index is 2.27. The summed E-state index contributed by atoms with van der Waals surface area (Å²) < 4.78 is 5.20. The highest BCUT2D eigenvalue weighted by atomic mass is 16.5. The molecule has 3 atom stereocenters. The Morgan fingerprint density at radius 2 is 1.53 bits per heavy atom. The Bertz CT molecular complexity index is 947. The van der Waals surface area contributed by atoms with Crippen molar-refractivity contribution in [2.24, 2.45) is 11.7 Å². The fourth-order valence-corrected chi connectivity index (χ4v) is 3.26. The minimum absolute atomic E-state index is 0.0140. The third-order valence-electron chi connectivity index (χ3n) is 5.35. The summed E-state index contributed by atoms with van der Waals surface area (Å²) in [6.07, 6.45) is -0.707. The van der Waals surface area contributed by atoms with Crippen molar-refractivity contribution in [3.8, 4) is 0 Å². The lowest BCUT2D eigenvalue weighted by molar-refractivity contribution is -0.154. The Labute approximate surface area is 186 Å². The molecule has 0 radical (unpaired) electrons. The second-order valence-corrected chi connectivity index (χ2v) is 7.70. The van der Waals surface area contributed by atoms with E-state index < -0.39 is 41.1 Å². The van der Waals surface area contributed by atoms with E-state index in [-0.39, 0.29) is 13.0 Å². The van der Waals surface area contributed by atoms with E-state index in [4.69, 9.17) is 10.5 Å². The summed E-state index contributed by atoms with van der Waals surface area (Å²) in [5.74, 6) is -4.54. The molecule has 170 valence electrons. The number of ketones is 2. The topological polar surface area (TPSA) is 136 Å². The van der Waals surface area contributed by atoms with Gasteiger partial charge in [-0.2, -0.15) is 0 Å². The van der Waals surface area contributed by atoms with Gasteiger partial charge in [0.15, 0.2) is 11.3 Å². The van der Waals surface area contributed by atoms with Gasteiger partial charge in [-0.15, -0.1) is 0 Å². The number of carbonyl (C=O) groups excluding carboxylic acids is 3. The highest BCUT2D eigenvalue weighted by Crippen LogP contribution is 2.21. The number of carbonyl (C=O) groups is 4. The predicted octanol–water partition coefficient (Wildman–Crippen LogP) is 2.49. The van der Waals surface area contributed by atoms with Gasteiger partial charge in [0.1, 0.15) is 6.61 Å². The summed E-state index contributed by atoms with van der Waals surface area (Å²) in [5, 5.41) is 11.8. The van der Waals surface area contributed by atoms with Gasteiger partial charge in [-0.25, -0.2) is 9.59 Å². The minimum atomic E-state index is -2.35. The zero-order valence-electron chi connectivity index (χ0n) is 18.1. The fourth-order valence-electron chi connectivity index (χ4n) is 3.26. The molecule has 0 aliphatic heterocycles. The van der Waals surface area contributed by atoms with Crippen LogP contribution in [0.25, 0.3) is 0 Å². The average Bonchev–Trinajstić information content (AvgIpc) is 2.80. The lowest BCUT2D eigenvalue weighted by Gasteiger charge is -2.32. The first-order valence-corrected chi connectivity index (χ1v) is 10.3. The molecule has 8 nitrogen and oxygen atoms in total. The summed E-state index contributed by atoms with van der Waals surface area (Å²) in [7, 11) is 0. The number of nitrogens with two attached hydrogens (primary N) is 1. The van der Waals surface area contributed by atoms with Crippen molar-refractivity contribution in [2.75, 3.05) is 0 Å². The predicted molar refractivity (Wildman–Crippen MR) is 118 cm³/mol. The van der Waals surface area contributed by atoms with Crippen LogP contribution in [-0.4, -0.2) is 40.3 Å². The summed E-state index contributed by atoms with van der Waals surface area (Å²) in [5.41, 5.74) is 5.10. The molecule has 0 aliphatic rings. The molecule has 2 rings (SSSR count). The first-order chi connectivity index (χ1) is 15.2. The quantitative estimate of drug-likeness (QED) is 0.361. The van der Waals surface area contributed by atoms with E-state index in [9.17, 15) is 24.3 Å². The molecule has 0 bridgehead atoms. The number of carboxylic acids is 1. The Hall–Kier alpha value is -3.52. The summed E-state index contributed by atoms with van der Waals surface area (Å²) >= 11 is 0. The number of hydrogen-bond donors (Lipinski definition) is 3. The van der Waals surface area contributed by atoms with Crippen LogP contribution in [0.15, 0.2) is 60.7 Å². The number of aliphatic carboxylic acids is 1. The number of amides is 1. The number of ether oxygens (including phenoxy) is 1. The van der Waals surface area contributed by atoms with Crippen LogP contribution >= 0.6 is 0 Å². The van der Waals surface area contributed by atoms with Gasteiger partial charge >= 0.3 is 12.1 Å². The molecule has 0 saturated carbocycles. The first-order valence-electron chi connectivity index (χ1n) is 10.3. The highest BCUT2D eigenvalue weighted by Gasteiger charge is 2.49. The van der Waals surface area contributed by atoms with E-state index in [1.807, 2.05) is 6.07 Å². The van der Waals surface area contributed by atoms with Gasteiger partial charge in [-0.05, 0) is 17.0 Å². The van der Waals surface area contributed by atoms with E-state index in [0.29, 0.717) is 12.0 Å².